The average Bonchev–Trinajstić information content (AvgIpc) is 2.87. The van der Waals surface area contributed by atoms with Crippen LogP contribution in [0.4, 0.5) is 0 Å². The lowest BCUT2D eigenvalue weighted by Crippen LogP contribution is -2.43. The topological polar surface area (TPSA) is 12.0 Å². The van der Waals surface area contributed by atoms with Gasteiger partial charge in [0.25, 0.3) is 0 Å². The number of nitrogens with one attached hydrogen (secondary N) is 1. The van der Waals surface area contributed by atoms with E-state index in [2.05, 4.69) is 43.6 Å². The van der Waals surface area contributed by atoms with Gasteiger partial charge in [-0.25, -0.2) is 0 Å². The van der Waals surface area contributed by atoms with Crippen LogP contribution in [0.15, 0.2) is 17.5 Å². The van der Waals surface area contributed by atoms with Crippen LogP contribution >= 0.6 is 11.3 Å². The molecule has 2 heteroatoms. The lowest BCUT2D eigenvalue weighted by molar-refractivity contribution is 0.246. The molecular weight excluding hydrogens is 226 g/mol. The zero-order valence-corrected chi connectivity index (χ0v) is 12.2. The van der Waals surface area contributed by atoms with Crippen LogP contribution in [0.1, 0.15) is 51.3 Å². The van der Waals surface area contributed by atoms with E-state index in [4.69, 9.17) is 0 Å². The fourth-order valence-electron chi connectivity index (χ4n) is 2.78. The predicted molar refractivity (Wildman–Crippen MR) is 76.7 cm³/mol. The summed E-state index contributed by atoms with van der Waals surface area (Å²) >= 11 is 1.91. The van der Waals surface area contributed by atoms with Gasteiger partial charge in [-0.05, 0) is 56.9 Å². The molecule has 0 saturated heterocycles. The van der Waals surface area contributed by atoms with E-state index in [1.54, 1.807) is 4.88 Å². The Bertz CT molecular complexity index is 328. The van der Waals surface area contributed by atoms with Crippen LogP contribution in [0.2, 0.25) is 0 Å². The Morgan fingerprint density at radius 3 is 2.53 bits per heavy atom. The van der Waals surface area contributed by atoms with Crippen LogP contribution in [0.25, 0.3) is 0 Å². The second-order valence-corrected chi connectivity index (χ2v) is 7.60. The molecule has 1 N–H and O–H groups in total. The fourth-order valence-corrected chi connectivity index (χ4v) is 3.66. The van der Waals surface area contributed by atoms with Crippen LogP contribution in [-0.2, 0) is 6.42 Å². The molecule has 0 aliphatic heterocycles. The molecule has 1 heterocycles. The minimum absolute atomic E-state index is 0.241. The van der Waals surface area contributed by atoms with Crippen molar-refractivity contribution in [3.63, 3.8) is 0 Å². The highest BCUT2D eigenvalue weighted by atomic mass is 32.1. The third-order valence-electron chi connectivity index (χ3n) is 3.79. The molecular formula is C15H25NS. The molecule has 1 aliphatic carbocycles. The summed E-state index contributed by atoms with van der Waals surface area (Å²) in [4.78, 5) is 1.56. The van der Waals surface area contributed by atoms with E-state index in [1.165, 1.54) is 38.6 Å². The summed E-state index contributed by atoms with van der Waals surface area (Å²) in [6.45, 7) is 7.97. The number of hydrogen-bond donors (Lipinski definition) is 1. The average molecular weight is 251 g/mol. The quantitative estimate of drug-likeness (QED) is 0.844. The van der Waals surface area contributed by atoms with E-state index in [0.29, 0.717) is 5.41 Å². The van der Waals surface area contributed by atoms with Gasteiger partial charge in [-0.2, -0.15) is 0 Å². The van der Waals surface area contributed by atoms with Crippen LogP contribution < -0.4 is 5.32 Å². The highest BCUT2D eigenvalue weighted by Gasteiger charge is 2.34. The van der Waals surface area contributed by atoms with Crippen LogP contribution in [0, 0.1) is 5.41 Å². The van der Waals surface area contributed by atoms with Crippen LogP contribution in [-0.4, -0.2) is 12.1 Å². The molecule has 0 unspecified atom stereocenters. The Kier molecular flexibility index (Phi) is 3.94. The summed E-state index contributed by atoms with van der Waals surface area (Å²) in [6, 6.07) is 4.47. The van der Waals surface area contributed by atoms with E-state index < -0.39 is 0 Å². The van der Waals surface area contributed by atoms with Crippen molar-refractivity contribution in [2.24, 2.45) is 5.41 Å². The Morgan fingerprint density at radius 2 is 2.00 bits per heavy atom. The molecule has 0 bridgehead atoms. The highest BCUT2D eigenvalue weighted by Crippen LogP contribution is 2.41. The van der Waals surface area contributed by atoms with Crippen molar-refractivity contribution in [3.8, 4) is 0 Å². The Hall–Kier alpha value is -0.340. The van der Waals surface area contributed by atoms with Crippen molar-refractivity contribution in [1.29, 1.82) is 0 Å². The van der Waals surface area contributed by atoms with Crippen molar-refractivity contribution in [3.05, 3.63) is 22.4 Å². The molecule has 1 fully saturated rings. The van der Waals surface area contributed by atoms with Gasteiger partial charge in [0.15, 0.2) is 0 Å². The molecule has 0 radical (unpaired) electrons. The van der Waals surface area contributed by atoms with E-state index in [-0.39, 0.29) is 5.54 Å². The van der Waals surface area contributed by atoms with Crippen LogP contribution in [0.5, 0.6) is 0 Å². The summed E-state index contributed by atoms with van der Waals surface area (Å²) in [6.07, 6.45) is 6.89. The molecule has 1 aromatic rings. The van der Waals surface area contributed by atoms with Crippen LogP contribution in [0.3, 0.4) is 0 Å². The van der Waals surface area contributed by atoms with Gasteiger partial charge in [-0.15, -0.1) is 11.3 Å². The fraction of sp³-hybridized carbons (Fsp3) is 0.733. The maximum absolute atomic E-state index is 3.72. The van der Waals surface area contributed by atoms with Gasteiger partial charge in [0.2, 0.25) is 0 Å². The monoisotopic (exact) mass is 251 g/mol. The molecule has 1 nitrogen and oxygen atoms in total. The molecule has 1 saturated carbocycles. The first-order valence-electron chi connectivity index (χ1n) is 6.77. The second-order valence-electron chi connectivity index (χ2n) is 6.57. The van der Waals surface area contributed by atoms with E-state index >= 15 is 0 Å². The SMILES string of the molecule is CC(C)(C)NCC1(Cc2cccs2)CCCC1. The Morgan fingerprint density at radius 1 is 1.29 bits per heavy atom. The summed E-state index contributed by atoms with van der Waals surface area (Å²) < 4.78 is 0. The van der Waals surface area contributed by atoms with E-state index in [0.717, 1.165) is 0 Å². The summed E-state index contributed by atoms with van der Waals surface area (Å²) in [5.41, 5.74) is 0.767. The zero-order chi connectivity index (χ0) is 12.4. The first-order valence-corrected chi connectivity index (χ1v) is 7.65. The first kappa shape index (κ1) is 13.1. The van der Waals surface area contributed by atoms with Gasteiger partial charge >= 0.3 is 0 Å². The normalized spacial score (nSPS) is 19.7. The lowest BCUT2D eigenvalue weighted by Gasteiger charge is -2.33. The third-order valence-corrected chi connectivity index (χ3v) is 4.66. The van der Waals surface area contributed by atoms with Gasteiger partial charge in [-0.1, -0.05) is 18.9 Å². The first-order chi connectivity index (χ1) is 7.99. The highest BCUT2D eigenvalue weighted by molar-refractivity contribution is 7.09. The second kappa shape index (κ2) is 5.11. The zero-order valence-electron chi connectivity index (χ0n) is 11.4. The maximum atomic E-state index is 3.72. The molecule has 0 atom stereocenters. The Balaban J connectivity index is 1.99. The number of rotatable bonds is 4. The lowest BCUT2D eigenvalue weighted by atomic mass is 9.81. The maximum Gasteiger partial charge on any atom is 0.00967 e. The molecule has 96 valence electrons. The summed E-state index contributed by atoms with van der Waals surface area (Å²) in [7, 11) is 0. The molecule has 0 spiro atoms. The van der Waals surface area contributed by atoms with Gasteiger partial charge in [-0.3, -0.25) is 0 Å². The van der Waals surface area contributed by atoms with Crippen molar-refractivity contribution < 1.29 is 0 Å². The van der Waals surface area contributed by atoms with Crippen molar-refractivity contribution >= 4 is 11.3 Å². The van der Waals surface area contributed by atoms with Crippen molar-refractivity contribution in [1.82, 2.24) is 5.32 Å². The minimum Gasteiger partial charge on any atom is -0.312 e. The Labute approximate surface area is 110 Å². The molecule has 1 aliphatic rings. The summed E-state index contributed by atoms with van der Waals surface area (Å²) in [5.74, 6) is 0. The number of hydrogen-bond acceptors (Lipinski definition) is 2. The van der Waals surface area contributed by atoms with E-state index in [1.807, 2.05) is 11.3 Å². The van der Waals surface area contributed by atoms with Gasteiger partial charge < -0.3 is 5.32 Å². The standard InChI is InChI=1S/C15H25NS/c1-14(2,3)16-12-15(8-4-5-9-15)11-13-7-6-10-17-13/h6-7,10,16H,4-5,8-9,11-12H2,1-3H3. The molecule has 0 amide bonds. The largest absolute Gasteiger partial charge is 0.312 e. The van der Waals surface area contributed by atoms with Gasteiger partial charge in [0.1, 0.15) is 0 Å². The van der Waals surface area contributed by atoms with Crippen molar-refractivity contribution in [2.75, 3.05) is 6.54 Å². The molecule has 0 aromatic carbocycles. The summed E-state index contributed by atoms with van der Waals surface area (Å²) in [5, 5.41) is 5.93. The third kappa shape index (κ3) is 3.82. The smallest absolute Gasteiger partial charge is 0.00967 e. The van der Waals surface area contributed by atoms with Gasteiger partial charge in [0, 0.05) is 17.0 Å². The molecule has 1 aromatic heterocycles. The molecule has 2 rings (SSSR count). The molecule has 17 heavy (non-hydrogen) atoms. The van der Waals surface area contributed by atoms with E-state index in [9.17, 15) is 0 Å². The predicted octanol–water partition coefficient (Wildman–Crippen LogP) is 4.24. The number of thiophene rings is 1. The minimum atomic E-state index is 0.241. The van der Waals surface area contributed by atoms with Crippen molar-refractivity contribution in [2.45, 2.75) is 58.4 Å². The van der Waals surface area contributed by atoms with Gasteiger partial charge in [0.05, 0.1) is 0 Å².